The summed E-state index contributed by atoms with van der Waals surface area (Å²) in [4.78, 5) is 0. The highest BCUT2D eigenvalue weighted by Crippen LogP contribution is 2.22. The van der Waals surface area contributed by atoms with Gasteiger partial charge >= 0.3 is 0 Å². The van der Waals surface area contributed by atoms with Crippen LogP contribution in [0.25, 0.3) is 0 Å². The van der Waals surface area contributed by atoms with Crippen molar-refractivity contribution >= 4 is 0 Å². The Morgan fingerprint density at radius 2 is 2.08 bits per heavy atom. The van der Waals surface area contributed by atoms with E-state index in [0.29, 0.717) is 13.0 Å². The number of hydrogen-bond donors (Lipinski definition) is 0. The summed E-state index contributed by atoms with van der Waals surface area (Å²) >= 11 is 0. The fraction of sp³-hybridized carbons (Fsp3) is 0.727. The Bertz CT molecular complexity index is 195. The average Bonchev–Trinajstić information content (AvgIpc) is 2.19. The van der Waals surface area contributed by atoms with E-state index in [9.17, 15) is 0 Å². The number of unbranched alkanes of at least 4 members (excludes halogenated alkanes) is 1. The third kappa shape index (κ3) is 4.57. The molecule has 72 valence electrons. The van der Waals surface area contributed by atoms with Gasteiger partial charge < -0.3 is 4.74 Å². The Balaban J connectivity index is 2.05. The molecule has 0 aromatic rings. The summed E-state index contributed by atoms with van der Waals surface area (Å²) in [6, 6.07) is 2.11. The molecule has 1 saturated carbocycles. The highest BCUT2D eigenvalue weighted by atomic mass is 16.5. The maximum Gasteiger partial charge on any atom is 0.0883 e. The normalized spacial score (nSPS) is 16.4. The highest BCUT2D eigenvalue weighted by Gasteiger charge is 2.04. The van der Waals surface area contributed by atoms with Crippen LogP contribution < -0.4 is 0 Å². The molecule has 0 amide bonds. The van der Waals surface area contributed by atoms with Crippen molar-refractivity contribution in [2.24, 2.45) is 0 Å². The third-order valence-corrected chi connectivity index (χ3v) is 2.30. The number of ether oxygens (including phenoxy) is 1. The molecule has 1 aliphatic rings. The molecule has 1 aliphatic carbocycles. The zero-order valence-electron chi connectivity index (χ0n) is 8.09. The van der Waals surface area contributed by atoms with E-state index in [1.54, 1.807) is 0 Å². The van der Waals surface area contributed by atoms with Gasteiger partial charge in [0.2, 0.25) is 0 Å². The first-order chi connectivity index (χ1) is 6.43. The van der Waals surface area contributed by atoms with Gasteiger partial charge in [-0.3, -0.25) is 0 Å². The van der Waals surface area contributed by atoms with Crippen molar-refractivity contribution in [3.63, 3.8) is 0 Å². The van der Waals surface area contributed by atoms with Crippen molar-refractivity contribution in [2.75, 3.05) is 6.61 Å². The zero-order valence-corrected chi connectivity index (χ0v) is 8.09. The van der Waals surface area contributed by atoms with Gasteiger partial charge in [-0.2, -0.15) is 5.26 Å². The zero-order chi connectivity index (χ0) is 9.36. The van der Waals surface area contributed by atoms with Crippen LogP contribution in [-0.4, -0.2) is 6.61 Å². The minimum atomic E-state index is 0.600. The largest absolute Gasteiger partial charge is 0.501 e. The molecule has 1 rings (SSSR count). The molecule has 0 bridgehead atoms. The minimum absolute atomic E-state index is 0.600. The van der Waals surface area contributed by atoms with Gasteiger partial charge in [0.15, 0.2) is 0 Å². The summed E-state index contributed by atoms with van der Waals surface area (Å²) in [5, 5.41) is 8.29. The van der Waals surface area contributed by atoms with E-state index in [1.165, 1.54) is 37.7 Å². The average molecular weight is 179 g/mol. The van der Waals surface area contributed by atoms with Crippen molar-refractivity contribution in [3.8, 4) is 6.07 Å². The summed E-state index contributed by atoms with van der Waals surface area (Å²) < 4.78 is 5.36. The molecule has 0 aromatic heterocycles. The summed E-state index contributed by atoms with van der Waals surface area (Å²) in [6.07, 6.45) is 9.77. The van der Waals surface area contributed by atoms with E-state index < -0.39 is 0 Å². The maximum absolute atomic E-state index is 8.29. The molecule has 0 radical (unpaired) electrons. The smallest absolute Gasteiger partial charge is 0.0883 e. The van der Waals surface area contributed by atoms with Crippen LogP contribution in [0.4, 0.5) is 0 Å². The van der Waals surface area contributed by atoms with E-state index in [-0.39, 0.29) is 0 Å². The van der Waals surface area contributed by atoms with Crippen LogP contribution in [0.1, 0.15) is 44.9 Å². The van der Waals surface area contributed by atoms with Crippen molar-refractivity contribution in [3.05, 3.63) is 11.8 Å². The number of rotatable bonds is 4. The Labute approximate surface area is 80.2 Å². The highest BCUT2D eigenvalue weighted by molar-refractivity contribution is 5.00. The molecule has 0 unspecified atom stereocenters. The van der Waals surface area contributed by atoms with Crippen LogP contribution in [0.15, 0.2) is 11.8 Å². The first-order valence-corrected chi connectivity index (χ1v) is 5.10. The van der Waals surface area contributed by atoms with Gasteiger partial charge in [-0.1, -0.05) is 6.42 Å². The standard InChI is InChI=1S/C11H17NO/c12-8-4-5-9-13-10-11-6-2-1-3-7-11/h10H,1-7,9H2. The van der Waals surface area contributed by atoms with Crippen LogP contribution in [0.2, 0.25) is 0 Å². The van der Waals surface area contributed by atoms with Crippen molar-refractivity contribution in [1.82, 2.24) is 0 Å². The van der Waals surface area contributed by atoms with Gasteiger partial charge in [0, 0.05) is 6.42 Å². The molecule has 0 heterocycles. The number of allylic oxidation sites excluding steroid dienone is 1. The summed E-state index contributed by atoms with van der Waals surface area (Å²) in [6.45, 7) is 0.692. The molecule has 2 heteroatoms. The molecular weight excluding hydrogens is 162 g/mol. The molecule has 0 aliphatic heterocycles. The van der Waals surface area contributed by atoms with E-state index >= 15 is 0 Å². The van der Waals surface area contributed by atoms with E-state index in [2.05, 4.69) is 6.07 Å². The second-order valence-electron chi connectivity index (χ2n) is 3.47. The Hall–Kier alpha value is -0.970. The lowest BCUT2D eigenvalue weighted by Crippen LogP contribution is -1.95. The number of nitrogens with zero attached hydrogens (tertiary/aromatic N) is 1. The van der Waals surface area contributed by atoms with Crippen molar-refractivity contribution in [2.45, 2.75) is 44.9 Å². The molecule has 0 aromatic carbocycles. The molecule has 0 saturated heterocycles. The lowest BCUT2D eigenvalue weighted by atomic mass is 9.96. The second-order valence-corrected chi connectivity index (χ2v) is 3.47. The van der Waals surface area contributed by atoms with Crippen LogP contribution >= 0.6 is 0 Å². The molecule has 1 fully saturated rings. The number of nitriles is 1. The quantitative estimate of drug-likeness (QED) is 0.490. The minimum Gasteiger partial charge on any atom is -0.501 e. The number of hydrogen-bond acceptors (Lipinski definition) is 2. The molecule has 0 N–H and O–H groups in total. The first kappa shape index (κ1) is 10.1. The fourth-order valence-corrected chi connectivity index (χ4v) is 1.54. The van der Waals surface area contributed by atoms with Gasteiger partial charge in [0.1, 0.15) is 0 Å². The van der Waals surface area contributed by atoms with Gasteiger partial charge in [-0.15, -0.1) is 0 Å². The molecular formula is C11H17NO. The van der Waals surface area contributed by atoms with E-state index in [0.717, 1.165) is 6.42 Å². The molecule has 2 nitrogen and oxygen atoms in total. The van der Waals surface area contributed by atoms with Gasteiger partial charge in [-0.25, -0.2) is 0 Å². The van der Waals surface area contributed by atoms with Crippen LogP contribution in [-0.2, 0) is 4.74 Å². The van der Waals surface area contributed by atoms with Crippen molar-refractivity contribution in [1.29, 1.82) is 5.26 Å². The summed E-state index contributed by atoms with van der Waals surface area (Å²) in [5.41, 5.74) is 1.45. The van der Waals surface area contributed by atoms with Crippen LogP contribution in [0, 0.1) is 11.3 Å². The van der Waals surface area contributed by atoms with Crippen LogP contribution in [0.5, 0.6) is 0 Å². The molecule has 13 heavy (non-hydrogen) atoms. The fourth-order valence-electron chi connectivity index (χ4n) is 1.54. The van der Waals surface area contributed by atoms with Crippen molar-refractivity contribution < 1.29 is 4.74 Å². The lowest BCUT2D eigenvalue weighted by Gasteiger charge is -2.12. The first-order valence-electron chi connectivity index (χ1n) is 5.10. The van der Waals surface area contributed by atoms with Crippen LogP contribution in [0.3, 0.4) is 0 Å². The second kappa shape index (κ2) is 6.54. The predicted molar refractivity (Wildman–Crippen MR) is 52.0 cm³/mol. The summed E-state index contributed by atoms with van der Waals surface area (Å²) in [5.74, 6) is 0. The van der Waals surface area contributed by atoms with Gasteiger partial charge in [0.05, 0.1) is 18.9 Å². The lowest BCUT2D eigenvalue weighted by molar-refractivity contribution is 0.240. The molecule has 0 spiro atoms. The van der Waals surface area contributed by atoms with Gasteiger partial charge in [-0.05, 0) is 37.7 Å². The third-order valence-electron chi connectivity index (χ3n) is 2.30. The predicted octanol–water partition coefficient (Wildman–Crippen LogP) is 3.15. The molecule has 0 atom stereocenters. The monoisotopic (exact) mass is 179 g/mol. The topological polar surface area (TPSA) is 33.0 Å². The Morgan fingerprint density at radius 3 is 2.77 bits per heavy atom. The summed E-state index contributed by atoms with van der Waals surface area (Å²) in [7, 11) is 0. The Morgan fingerprint density at radius 1 is 1.31 bits per heavy atom. The maximum atomic E-state index is 8.29. The van der Waals surface area contributed by atoms with E-state index in [4.69, 9.17) is 10.00 Å². The van der Waals surface area contributed by atoms with Gasteiger partial charge in [0.25, 0.3) is 0 Å². The van der Waals surface area contributed by atoms with E-state index in [1.807, 2.05) is 6.26 Å². The Kier molecular flexibility index (Phi) is 5.08. The SMILES string of the molecule is N#CCCCOC=C1CCCCC1.